The molecule has 0 saturated carbocycles. The van der Waals surface area contributed by atoms with Gasteiger partial charge >= 0.3 is 0 Å². The number of amides is 1. The van der Waals surface area contributed by atoms with Gasteiger partial charge in [0.25, 0.3) is 0 Å². The molecule has 1 N–H and O–H groups in total. The summed E-state index contributed by atoms with van der Waals surface area (Å²) in [6.07, 6.45) is 2.37. The maximum absolute atomic E-state index is 15.3. The fourth-order valence-electron chi connectivity index (χ4n) is 3.30. The van der Waals surface area contributed by atoms with E-state index in [4.69, 9.17) is 0 Å². The summed E-state index contributed by atoms with van der Waals surface area (Å²) in [5.74, 6) is -0.0655. The van der Waals surface area contributed by atoms with E-state index in [1.165, 1.54) is 0 Å². The molecule has 5 heteroatoms. The van der Waals surface area contributed by atoms with Crippen molar-refractivity contribution in [2.45, 2.75) is 32.4 Å². The van der Waals surface area contributed by atoms with Crippen molar-refractivity contribution in [1.82, 2.24) is 9.88 Å². The summed E-state index contributed by atoms with van der Waals surface area (Å²) in [6, 6.07) is 11.4. The molecule has 0 unspecified atom stereocenters. The van der Waals surface area contributed by atoms with E-state index in [2.05, 4.69) is 10.3 Å². The summed E-state index contributed by atoms with van der Waals surface area (Å²) < 4.78 is 15.3. The average Bonchev–Trinajstić information content (AvgIpc) is 2.59. The monoisotopic (exact) mass is 341 g/mol. The third kappa shape index (κ3) is 4.23. The quantitative estimate of drug-likeness (QED) is 0.924. The van der Waals surface area contributed by atoms with E-state index in [0.717, 1.165) is 16.8 Å². The molecule has 2 heterocycles. The molecule has 3 rings (SSSR count). The van der Waals surface area contributed by atoms with E-state index in [0.29, 0.717) is 31.6 Å². The van der Waals surface area contributed by atoms with Gasteiger partial charge in [0.15, 0.2) is 5.67 Å². The number of anilines is 1. The van der Waals surface area contributed by atoms with Gasteiger partial charge in [-0.25, -0.2) is 4.39 Å². The highest BCUT2D eigenvalue weighted by atomic mass is 19.1. The highest BCUT2D eigenvalue weighted by Gasteiger charge is 2.38. The number of alkyl halides is 1. The third-order valence-corrected chi connectivity index (χ3v) is 4.78. The van der Waals surface area contributed by atoms with Crippen molar-refractivity contribution in [3.8, 4) is 0 Å². The lowest BCUT2D eigenvalue weighted by Gasteiger charge is -2.36. The summed E-state index contributed by atoms with van der Waals surface area (Å²) in [5.41, 5.74) is 1.97. The molecule has 1 aromatic carbocycles. The van der Waals surface area contributed by atoms with Gasteiger partial charge in [0.1, 0.15) is 0 Å². The maximum atomic E-state index is 15.3. The number of nitrogens with one attached hydrogen (secondary N) is 1. The number of piperidine rings is 1. The molecule has 132 valence electrons. The largest absolute Gasteiger partial charge is 0.325 e. The van der Waals surface area contributed by atoms with Crippen LogP contribution in [0.2, 0.25) is 0 Å². The lowest BCUT2D eigenvalue weighted by atomic mass is 9.87. The van der Waals surface area contributed by atoms with Crippen LogP contribution >= 0.6 is 0 Å². The van der Waals surface area contributed by atoms with Gasteiger partial charge in [-0.05, 0) is 50.5 Å². The van der Waals surface area contributed by atoms with Crippen LogP contribution in [0.3, 0.4) is 0 Å². The molecule has 0 bridgehead atoms. The molecule has 1 saturated heterocycles. The van der Waals surface area contributed by atoms with Crippen molar-refractivity contribution < 1.29 is 9.18 Å². The highest BCUT2D eigenvalue weighted by molar-refractivity contribution is 5.92. The Morgan fingerprint density at radius 1 is 1.20 bits per heavy atom. The Morgan fingerprint density at radius 2 is 1.88 bits per heavy atom. The van der Waals surface area contributed by atoms with E-state index >= 15 is 4.39 Å². The molecular formula is C20H24FN3O. The second kappa shape index (κ2) is 7.31. The van der Waals surface area contributed by atoms with E-state index < -0.39 is 5.67 Å². The lowest BCUT2D eigenvalue weighted by Crippen LogP contribution is -2.44. The first-order valence-corrected chi connectivity index (χ1v) is 8.66. The fraction of sp³-hybridized carbons (Fsp3) is 0.400. The standard InChI is InChI=1S/C20H24FN3O/c1-15-5-7-17(8-6-15)23-18(25)14-24-12-9-20(21,10-13-24)19-16(2)4-3-11-22-19/h3-8,11H,9-10,12-14H2,1-2H3,(H,23,25). The number of benzene rings is 1. The molecule has 0 atom stereocenters. The van der Waals surface area contributed by atoms with Gasteiger partial charge in [-0.2, -0.15) is 0 Å². The van der Waals surface area contributed by atoms with Crippen LogP contribution in [0.15, 0.2) is 42.6 Å². The Hall–Kier alpha value is -2.27. The molecule has 0 aliphatic carbocycles. The Bertz CT molecular complexity index is 737. The van der Waals surface area contributed by atoms with Crippen molar-refractivity contribution >= 4 is 11.6 Å². The Morgan fingerprint density at radius 3 is 2.52 bits per heavy atom. The molecule has 1 aliphatic heterocycles. The molecule has 1 aliphatic rings. The minimum atomic E-state index is -1.39. The number of rotatable bonds is 4. The maximum Gasteiger partial charge on any atom is 0.238 e. The number of hydrogen-bond donors (Lipinski definition) is 1. The van der Waals surface area contributed by atoms with Crippen molar-refractivity contribution in [3.63, 3.8) is 0 Å². The number of carbonyl (C=O) groups excluding carboxylic acids is 1. The first kappa shape index (κ1) is 17.5. The Kier molecular flexibility index (Phi) is 5.13. The van der Waals surface area contributed by atoms with Crippen molar-refractivity contribution in [2.75, 3.05) is 25.0 Å². The van der Waals surface area contributed by atoms with Crippen molar-refractivity contribution in [2.24, 2.45) is 0 Å². The summed E-state index contributed by atoms with van der Waals surface area (Å²) in [4.78, 5) is 18.4. The van der Waals surface area contributed by atoms with Gasteiger partial charge in [0, 0.05) is 25.0 Å². The number of pyridine rings is 1. The molecule has 1 aromatic heterocycles. The van der Waals surface area contributed by atoms with E-state index in [-0.39, 0.29) is 12.5 Å². The molecular weight excluding hydrogens is 317 g/mol. The predicted octanol–water partition coefficient (Wildman–Crippen LogP) is 3.60. The van der Waals surface area contributed by atoms with Gasteiger partial charge in [-0.1, -0.05) is 23.8 Å². The van der Waals surface area contributed by atoms with Gasteiger partial charge in [0.05, 0.1) is 12.2 Å². The highest BCUT2D eigenvalue weighted by Crippen LogP contribution is 2.37. The Balaban J connectivity index is 1.54. The summed E-state index contributed by atoms with van der Waals surface area (Å²) >= 11 is 0. The van der Waals surface area contributed by atoms with Crippen LogP contribution in [0, 0.1) is 13.8 Å². The summed E-state index contributed by atoms with van der Waals surface area (Å²) in [6.45, 7) is 5.28. The molecule has 2 aromatic rings. The van der Waals surface area contributed by atoms with Crippen molar-refractivity contribution in [1.29, 1.82) is 0 Å². The van der Waals surface area contributed by atoms with Crippen LogP contribution in [0.4, 0.5) is 10.1 Å². The van der Waals surface area contributed by atoms with Crippen LogP contribution in [0.5, 0.6) is 0 Å². The zero-order chi connectivity index (χ0) is 17.9. The molecule has 1 fully saturated rings. The van der Waals surface area contributed by atoms with E-state index in [1.54, 1.807) is 6.20 Å². The summed E-state index contributed by atoms with van der Waals surface area (Å²) in [5, 5.41) is 2.89. The van der Waals surface area contributed by atoms with Crippen LogP contribution in [0.1, 0.15) is 29.7 Å². The number of likely N-dealkylation sites (tertiary alicyclic amines) is 1. The minimum Gasteiger partial charge on any atom is -0.325 e. The van der Waals surface area contributed by atoms with Crippen LogP contribution < -0.4 is 5.32 Å². The lowest BCUT2D eigenvalue weighted by molar-refractivity contribution is -0.118. The summed E-state index contributed by atoms with van der Waals surface area (Å²) in [7, 11) is 0. The van der Waals surface area contributed by atoms with Gasteiger partial charge in [0.2, 0.25) is 5.91 Å². The van der Waals surface area contributed by atoms with Crippen molar-refractivity contribution in [3.05, 3.63) is 59.4 Å². The number of aromatic nitrogens is 1. The SMILES string of the molecule is Cc1ccc(NC(=O)CN2CCC(F)(c3ncccc3C)CC2)cc1. The first-order valence-electron chi connectivity index (χ1n) is 8.66. The molecule has 0 spiro atoms. The second-order valence-corrected chi connectivity index (χ2v) is 6.82. The third-order valence-electron chi connectivity index (χ3n) is 4.78. The average molecular weight is 341 g/mol. The van der Waals surface area contributed by atoms with Crippen LogP contribution in [-0.2, 0) is 10.5 Å². The van der Waals surface area contributed by atoms with Crippen LogP contribution in [-0.4, -0.2) is 35.4 Å². The smallest absolute Gasteiger partial charge is 0.238 e. The number of hydrogen-bond acceptors (Lipinski definition) is 3. The molecule has 25 heavy (non-hydrogen) atoms. The fourth-order valence-corrected chi connectivity index (χ4v) is 3.30. The zero-order valence-electron chi connectivity index (χ0n) is 14.8. The molecule has 1 amide bonds. The van der Waals surface area contributed by atoms with Crippen LogP contribution in [0.25, 0.3) is 0 Å². The minimum absolute atomic E-state index is 0.0655. The van der Waals surface area contributed by atoms with E-state index in [9.17, 15) is 4.79 Å². The second-order valence-electron chi connectivity index (χ2n) is 6.82. The number of nitrogens with zero attached hydrogens (tertiary/aromatic N) is 2. The first-order chi connectivity index (χ1) is 12.0. The van der Waals surface area contributed by atoms with Gasteiger partial charge in [-0.3, -0.25) is 14.7 Å². The molecule has 0 radical (unpaired) electrons. The zero-order valence-corrected chi connectivity index (χ0v) is 14.8. The number of aryl methyl sites for hydroxylation is 2. The predicted molar refractivity (Wildman–Crippen MR) is 97.2 cm³/mol. The van der Waals surface area contributed by atoms with E-state index in [1.807, 2.05) is 55.1 Å². The van der Waals surface area contributed by atoms with Gasteiger partial charge in [-0.15, -0.1) is 0 Å². The molecule has 4 nitrogen and oxygen atoms in total. The number of halogens is 1. The van der Waals surface area contributed by atoms with Gasteiger partial charge < -0.3 is 5.32 Å². The topological polar surface area (TPSA) is 45.2 Å². The normalized spacial score (nSPS) is 17.2. The Labute approximate surface area is 148 Å². The number of carbonyl (C=O) groups is 1.